The van der Waals surface area contributed by atoms with Gasteiger partial charge >= 0.3 is 0 Å². The molecule has 1 aromatic heterocycles. The molecule has 0 atom stereocenters. The van der Waals surface area contributed by atoms with Crippen LogP contribution in [-0.2, 0) is 0 Å². The third kappa shape index (κ3) is 3.23. The van der Waals surface area contributed by atoms with E-state index in [1.54, 1.807) is 37.3 Å². The van der Waals surface area contributed by atoms with Crippen molar-refractivity contribution in [1.82, 2.24) is 4.98 Å². The third-order valence-electron chi connectivity index (χ3n) is 3.47. The molecule has 0 fully saturated rings. The number of carbonyl (C=O) groups is 1. The molecule has 6 heteroatoms. The van der Waals surface area contributed by atoms with E-state index in [9.17, 15) is 9.59 Å². The van der Waals surface area contributed by atoms with Gasteiger partial charge in [0.15, 0.2) is 0 Å². The molecule has 1 amide bonds. The number of aryl methyl sites for hydroxylation is 1. The summed E-state index contributed by atoms with van der Waals surface area (Å²) in [4.78, 5) is 26.7. The molecule has 2 N–H and O–H groups in total. The van der Waals surface area contributed by atoms with Gasteiger partial charge in [0.05, 0.1) is 15.6 Å². The van der Waals surface area contributed by atoms with Crippen molar-refractivity contribution < 1.29 is 4.79 Å². The highest BCUT2D eigenvalue weighted by Crippen LogP contribution is 2.23. The SMILES string of the molecule is Cc1cc2ccc(NC(=O)c3ccc(Cl)c(Cl)c3)cc2[nH]c1=O. The number of hydrogen-bond donors (Lipinski definition) is 2. The van der Waals surface area contributed by atoms with Crippen LogP contribution in [0.15, 0.2) is 47.3 Å². The van der Waals surface area contributed by atoms with E-state index in [-0.39, 0.29) is 11.5 Å². The molecule has 0 spiro atoms. The lowest BCUT2D eigenvalue weighted by Crippen LogP contribution is -2.12. The molecule has 23 heavy (non-hydrogen) atoms. The van der Waals surface area contributed by atoms with Crippen LogP contribution in [0.4, 0.5) is 5.69 Å². The highest BCUT2D eigenvalue weighted by atomic mass is 35.5. The van der Waals surface area contributed by atoms with E-state index in [1.165, 1.54) is 6.07 Å². The van der Waals surface area contributed by atoms with Crippen molar-refractivity contribution in [2.45, 2.75) is 6.92 Å². The summed E-state index contributed by atoms with van der Waals surface area (Å²) in [5.41, 5.74) is 2.13. The number of hydrogen-bond acceptors (Lipinski definition) is 2. The van der Waals surface area contributed by atoms with Gasteiger partial charge in [0.25, 0.3) is 11.5 Å². The van der Waals surface area contributed by atoms with E-state index in [2.05, 4.69) is 10.3 Å². The first kappa shape index (κ1) is 15.6. The average Bonchev–Trinajstić information content (AvgIpc) is 2.51. The van der Waals surface area contributed by atoms with Crippen molar-refractivity contribution in [3.05, 3.63) is 74.0 Å². The molecule has 0 radical (unpaired) electrons. The Balaban J connectivity index is 1.91. The largest absolute Gasteiger partial charge is 0.322 e. The van der Waals surface area contributed by atoms with Crippen molar-refractivity contribution in [3.8, 4) is 0 Å². The molecule has 0 aliphatic heterocycles. The molecule has 116 valence electrons. The van der Waals surface area contributed by atoms with E-state index < -0.39 is 0 Å². The van der Waals surface area contributed by atoms with Crippen LogP contribution in [0.1, 0.15) is 15.9 Å². The minimum Gasteiger partial charge on any atom is -0.322 e. The van der Waals surface area contributed by atoms with Gasteiger partial charge in [0, 0.05) is 16.8 Å². The van der Waals surface area contributed by atoms with Crippen molar-refractivity contribution in [3.63, 3.8) is 0 Å². The first-order valence-electron chi connectivity index (χ1n) is 6.84. The number of pyridine rings is 1. The zero-order valence-corrected chi connectivity index (χ0v) is 13.6. The lowest BCUT2D eigenvalue weighted by atomic mass is 10.1. The van der Waals surface area contributed by atoms with Crippen molar-refractivity contribution in [2.75, 3.05) is 5.32 Å². The summed E-state index contributed by atoms with van der Waals surface area (Å²) < 4.78 is 0. The van der Waals surface area contributed by atoms with Crippen LogP contribution in [0.25, 0.3) is 10.9 Å². The molecular formula is C17H12Cl2N2O2. The minimum absolute atomic E-state index is 0.148. The van der Waals surface area contributed by atoms with Gasteiger partial charge < -0.3 is 10.3 Å². The smallest absolute Gasteiger partial charge is 0.255 e. The van der Waals surface area contributed by atoms with Crippen LogP contribution in [0, 0.1) is 6.92 Å². The summed E-state index contributed by atoms with van der Waals surface area (Å²) >= 11 is 11.8. The Labute approximate surface area is 142 Å². The fourth-order valence-corrected chi connectivity index (χ4v) is 2.53. The molecule has 3 rings (SSSR count). The fraction of sp³-hybridized carbons (Fsp3) is 0.0588. The molecule has 2 aromatic carbocycles. The van der Waals surface area contributed by atoms with Crippen LogP contribution in [-0.4, -0.2) is 10.9 Å². The Morgan fingerprint density at radius 1 is 1.04 bits per heavy atom. The van der Waals surface area contributed by atoms with Crippen LogP contribution >= 0.6 is 23.2 Å². The van der Waals surface area contributed by atoms with Gasteiger partial charge in [0.1, 0.15) is 0 Å². The molecule has 3 aromatic rings. The first-order chi connectivity index (χ1) is 10.9. The number of halogens is 2. The van der Waals surface area contributed by atoms with E-state index in [1.807, 2.05) is 6.07 Å². The van der Waals surface area contributed by atoms with Crippen LogP contribution < -0.4 is 10.9 Å². The molecule has 4 nitrogen and oxygen atoms in total. The predicted molar refractivity (Wildman–Crippen MR) is 93.7 cm³/mol. The number of nitrogens with one attached hydrogen (secondary N) is 2. The Bertz CT molecular complexity index is 980. The molecule has 0 aliphatic rings. The Kier molecular flexibility index (Phi) is 4.11. The second-order valence-corrected chi connectivity index (χ2v) is 5.98. The molecule has 0 saturated heterocycles. The summed E-state index contributed by atoms with van der Waals surface area (Å²) in [5, 5.41) is 4.37. The van der Waals surface area contributed by atoms with Crippen molar-refractivity contribution in [2.24, 2.45) is 0 Å². The van der Waals surface area contributed by atoms with Gasteiger partial charge in [-0.3, -0.25) is 9.59 Å². The molecule has 0 saturated carbocycles. The first-order valence-corrected chi connectivity index (χ1v) is 7.60. The van der Waals surface area contributed by atoms with Gasteiger partial charge in [0.2, 0.25) is 0 Å². The number of carbonyl (C=O) groups excluding carboxylic acids is 1. The maximum absolute atomic E-state index is 12.2. The van der Waals surface area contributed by atoms with Gasteiger partial charge in [-0.15, -0.1) is 0 Å². The highest BCUT2D eigenvalue weighted by molar-refractivity contribution is 6.42. The zero-order valence-electron chi connectivity index (χ0n) is 12.1. The number of H-pyrrole nitrogens is 1. The summed E-state index contributed by atoms with van der Waals surface area (Å²) in [6, 6.07) is 11.8. The monoisotopic (exact) mass is 346 g/mol. The lowest BCUT2D eigenvalue weighted by Gasteiger charge is -2.08. The second kappa shape index (κ2) is 6.07. The molecule has 0 aliphatic carbocycles. The van der Waals surface area contributed by atoms with E-state index >= 15 is 0 Å². The summed E-state index contributed by atoms with van der Waals surface area (Å²) in [6.07, 6.45) is 0. The topological polar surface area (TPSA) is 62.0 Å². The number of benzene rings is 2. The van der Waals surface area contributed by atoms with Gasteiger partial charge in [-0.25, -0.2) is 0 Å². The molecule has 0 bridgehead atoms. The molecule has 1 heterocycles. The van der Waals surface area contributed by atoms with Crippen molar-refractivity contribution in [1.29, 1.82) is 0 Å². The molecular weight excluding hydrogens is 335 g/mol. The summed E-state index contributed by atoms with van der Waals surface area (Å²) in [6.45, 7) is 1.75. The average molecular weight is 347 g/mol. The fourth-order valence-electron chi connectivity index (χ4n) is 2.23. The van der Waals surface area contributed by atoms with Gasteiger partial charge in [-0.2, -0.15) is 0 Å². The maximum Gasteiger partial charge on any atom is 0.255 e. The van der Waals surface area contributed by atoms with Gasteiger partial charge in [-0.05, 0) is 48.7 Å². The quantitative estimate of drug-likeness (QED) is 0.722. The normalized spacial score (nSPS) is 10.7. The van der Waals surface area contributed by atoms with E-state index in [0.29, 0.717) is 32.4 Å². The summed E-state index contributed by atoms with van der Waals surface area (Å²) in [7, 11) is 0. The zero-order chi connectivity index (χ0) is 16.6. The number of aromatic nitrogens is 1. The third-order valence-corrected chi connectivity index (χ3v) is 4.21. The minimum atomic E-state index is -0.308. The van der Waals surface area contributed by atoms with Crippen LogP contribution in [0.5, 0.6) is 0 Å². The standard InChI is InChI=1S/C17H12Cl2N2O2/c1-9-6-10-2-4-12(8-15(10)21-16(9)22)20-17(23)11-3-5-13(18)14(19)7-11/h2-8H,1H3,(H,20,23)(H,21,22). The van der Waals surface area contributed by atoms with E-state index in [0.717, 1.165) is 5.39 Å². The Hall–Kier alpha value is -2.30. The lowest BCUT2D eigenvalue weighted by molar-refractivity contribution is 0.102. The Morgan fingerprint density at radius 3 is 2.57 bits per heavy atom. The van der Waals surface area contributed by atoms with Crippen LogP contribution in [0.3, 0.4) is 0 Å². The number of rotatable bonds is 2. The highest BCUT2D eigenvalue weighted by Gasteiger charge is 2.09. The number of anilines is 1. The predicted octanol–water partition coefficient (Wildman–Crippen LogP) is 4.40. The van der Waals surface area contributed by atoms with Gasteiger partial charge in [-0.1, -0.05) is 29.3 Å². The second-order valence-electron chi connectivity index (χ2n) is 5.17. The van der Waals surface area contributed by atoms with E-state index in [4.69, 9.17) is 23.2 Å². The summed E-state index contributed by atoms with van der Waals surface area (Å²) in [5.74, 6) is -0.308. The maximum atomic E-state index is 12.2. The molecule has 0 unspecified atom stereocenters. The number of amides is 1. The Morgan fingerprint density at radius 2 is 1.83 bits per heavy atom. The number of aromatic amines is 1. The van der Waals surface area contributed by atoms with Crippen LogP contribution in [0.2, 0.25) is 10.0 Å². The number of fused-ring (bicyclic) bond motifs is 1. The van der Waals surface area contributed by atoms with Crippen molar-refractivity contribution >= 4 is 45.7 Å².